The van der Waals surface area contributed by atoms with E-state index in [9.17, 15) is 8.42 Å². The molecule has 0 atom stereocenters. The first-order valence-corrected chi connectivity index (χ1v) is 8.79. The minimum atomic E-state index is -3.07. The third kappa shape index (κ3) is 3.30. The number of sulfonamides is 1. The summed E-state index contributed by atoms with van der Waals surface area (Å²) < 4.78 is 24.5. The van der Waals surface area contributed by atoms with Crippen LogP contribution >= 0.6 is 0 Å². The summed E-state index contributed by atoms with van der Waals surface area (Å²) in [6.45, 7) is 1.12. The summed E-state index contributed by atoms with van der Waals surface area (Å²) in [7, 11) is -3.07. The zero-order valence-corrected chi connectivity index (χ0v) is 12.7. The highest BCUT2D eigenvalue weighted by atomic mass is 32.2. The molecule has 1 N–H and O–H groups in total. The smallest absolute Gasteiger partial charge is 0.211 e. The molecule has 1 aliphatic heterocycles. The number of piperidine rings is 1. The first-order valence-electron chi connectivity index (χ1n) is 6.94. The SMILES string of the molecule is CS(=O)(=O)N1CCC(Nc2cc3cnccc3cn2)CC1. The van der Waals surface area contributed by atoms with Crippen LogP contribution in [-0.2, 0) is 10.0 Å². The van der Waals surface area contributed by atoms with Crippen LogP contribution in [0.25, 0.3) is 10.8 Å². The molecule has 7 heteroatoms. The van der Waals surface area contributed by atoms with Crippen LogP contribution in [0.15, 0.2) is 30.7 Å². The van der Waals surface area contributed by atoms with Gasteiger partial charge in [0.15, 0.2) is 0 Å². The van der Waals surface area contributed by atoms with Crippen molar-refractivity contribution in [3.63, 3.8) is 0 Å². The van der Waals surface area contributed by atoms with E-state index in [1.54, 1.807) is 6.20 Å². The molecule has 0 aliphatic carbocycles. The minimum absolute atomic E-state index is 0.254. The molecule has 6 nitrogen and oxygen atoms in total. The Kier molecular flexibility index (Phi) is 3.77. The van der Waals surface area contributed by atoms with Crippen LogP contribution < -0.4 is 5.32 Å². The van der Waals surface area contributed by atoms with Crippen molar-refractivity contribution in [1.82, 2.24) is 14.3 Å². The lowest BCUT2D eigenvalue weighted by molar-refractivity contribution is 0.331. The fourth-order valence-electron chi connectivity index (χ4n) is 2.60. The number of aromatic nitrogens is 2. The number of hydrogen-bond donors (Lipinski definition) is 1. The molecule has 1 fully saturated rings. The fraction of sp³-hybridized carbons (Fsp3) is 0.429. The number of nitrogens with zero attached hydrogens (tertiary/aromatic N) is 3. The maximum absolute atomic E-state index is 11.5. The maximum Gasteiger partial charge on any atom is 0.211 e. The molecule has 0 radical (unpaired) electrons. The largest absolute Gasteiger partial charge is 0.367 e. The van der Waals surface area contributed by atoms with Crippen LogP contribution in [0, 0.1) is 0 Å². The van der Waals surface area contributed by atoms with E-state index in [1.807, 2.05) is 24.5 Å². The maximum atomic E-state index is 11.5. The Labute approximate surface area is 124 Å². The van der Waals surface area contributed by atoms with E-state index in [1.165, 1.54) is 10.6 Å². The molecule has 3 heterocycles. The summed E-state index contributed by atoms with van der Waals surface area (Å²) in [6, 6.07) is 4.16. The van der Waals surface area contributed by atoms with E-state index >= 15 is 0 Å². The average molecular weight is 306 g/mol. The van der Waals surface area contributed by atoms with Gasteiger partial charge in [0.25, 0.3) is 0 Å². The van der Waals surface area contributed by atoms with Gasteiger partial charge in [-0.15, -0.1) is 0 Å². The molecule has 0 saturated carbocycles. The lowest BCUT2D eigenvalue weighted by atomic mass is 10.1. The average Bonchev–Trinajstić information content (AvgIpc) is 2.47. The van der Waals surface area contributed by atoms with Gasteiger partial charge in [-0.05, 0) is 25.0 Å². The molecule has 2 aromatic rings. The van der Waals surface area contributed by atoms with Gasteiger partial charge in [0.05, 0.1) is 6.26 Å². The number of pyridine rings is 2. The number of anilines is 1. The van der Waals surface area contributed by atoms with E-state index in [0.29, 0.717) is 13.1 Å². The van der Waals surface area contributed by atoms with E-state index in [0.717, 1.165) is 29.4 Å². The molecule has 21 heavy (non-hydrogen) atoms. The highest BCUT2D eigenvalue weighted by Crippen LogP contribution is 2.19. The Bertz CT molecular complexity index is 739. The van der Waals surface area contributed by atoms with Gasteiger partial charge < -0.3 is 5.32 Å². The molecule has 112 valence electrons. The quantitative estimate of drug-likeness (QED) is 0.929. The highest BCUT2D eigenvalue weighted by Gasteiger charge is 2.24. The summed E-state index contributed by atoms with van der Waals surface area (Å²) in [5.74, 6) is 0.813. The van der Waals surface area contributed by atoms with Crippen molar-refractivity contribution in [3.8, 4) is 0 Å². The number of fused-ring (bicyclic) bond motifs is 1. The molecule has 0 spiro atoms. The molecule has 0 unspecified atom stereocenters. The van der Waals surface area contributed by atoms with Gasteiger partial charge in [-0.1, -0.05) is 0 Å². The standard InChI is InChI=1S/C14H18N4O2S/c1-21(19,20)18-6-3-13(4-7-18)17-14-8-12-9-15-5-2-11(12)10-16-14/h2,5,8-10,13H,3-4,6-7H2,1H3,(H,16,17). The fourth-order valence-corrected chi connectivity index (χ4v) is 3.47. The zero-order valence-electron chi connectivity index (χ0n) is 11.9. The molecule has 2 aromatic heterocycles. The number of rotatable bonds is 3. The Balaban J connectivity index is 1.67. The van der Waals surface area contributed by atoms with Gasteiger partial charge in [0.2, 0.25) is 10.0 Å². The second-order valence-electron chi connectivity index (χ2n) is 5.37. The molecule has 3 rings (SSSR count). The van der Waals surface area contributed by atoms with Crippen LogP contribution in [0.5, 0.6) is 0 Å². The summed E-state index contributed by atoms with van der Waals surface area (Å²) in [6.07, 6.45) is 8.23. The third-order valence-electron chi connectivity index (χ3n) is 3.80. The Morgan fingerprint density at radius 1 is 1.24 bits per heavy atom. The van der Waals surface area contributed by atoms with Gasteiger partial charge in [-0.3, -0.25) is 4.98 Å². The monoisotopic (exact) mass is 306 g/mol. The van der Waals surface area contributed by atoms with Gasteiger partial charge >= 0.3 is 0 Å². The Morgan fingerprint density at radius 3 is 2.71 bits per heavy atom. The van der Waals surface area contributed by atoms with Gasteiger partial charge in [0, 0.05) is 48.5 Å². The van der Waals surface area contributed by atoms with Crippen LogP contribution in [0.3, 0.4) is 0 Å². The molecule has 1 aliphatic rings. The van der Waals surface area contributed by atoms with Crippen molar-refractivity contribution in [2.75, 3.05) is 24.7 Å². The summed E-state index contributed by atoms with van der Waals surface area (Å²) in [5.41, 5.74) is 0. The van der Waals surface area contributed by atoms with Crippen molar-refractivity contribution in [2.24, 2.45) is 0 Å². The summed E-state index contributed by atoms with van der Waals surface area (Å²) in [4.78, 5) is 8.51. The lowest BCUT2D eigenvalue weighted by Crippen LogP contribution is -2.41. The topological polar surface area (TPSA) is 75.2 Å². The molecular formula is C14H18N4O2S. The van der Waals surface area contributed by atoms with Crippen LogP contribution in [0.4, 0.5) is 5.82 Å². The van der Waals surface area contributed by atoms with Gasteiger partial charge in [-0.25, -0.2) is 17.7 Å². The predicted octanol–water partition coefficient (Wildman–Crippen LogP) is 1.47. The van der Waals surface area contributed by atoms with E-state index in [4.69, 9.17) is 0 Å². The minimum Gasteiger partial charge on any atom is -0.367 e. The zero-order chi connectivity index (χ0) is 14.9. The Morgan fingerprint density at radius 2 is 2.00 bits per heavy atom. The van der Waals surface area contributed by atoms with Crippen molar-refractivity contribution >= 4 is 26.6 Å². The van der Waals surface area contributed by atoms with Crippen molar-refractivity contribution in [1.29, 1.82) is 0 Å². The highest BCUT2D eigenvalue weighted by molar-refractivity contribution is 7.88. The second-order valence-corrected chi connectivity index (χ2v) is 7.36. The number of nitrogens with one attached hydrogen (secondary N) is 1. The van der Waals surface area contributed by atoms with Gasteiger partial charge in [-0.2, -0.15) is 0 Å². The third-order valence-corrected chi connectivity index (χ3v) is 5.10. The first kappa shape index (κ1) is 14.2. The number of hydrogen-bond acceptors (Lipinski definition) is 5. The van der Waals surface area contributed by atoms with E-state index in [2.05, 4.69) is 15.3 Å². The summed E-state index contributed by atoms with van der Waals surface area (Å²) in [5, 5.41) is 5.49. The second kappa shape index (κ2) is 5.57. The van der Waals surface area contributed by atoms with Crippen molar-refractivity contribution in [2.45, 2.75) is 18.9 Å². The lowest BCUT2D eigenvalue weighted by Gasteiger charge is -2.30. The molecule has 0 aromatic carbocycles. The van der Waals surface area contributed by atoms with Crippen LogP contribution in [-0.4, -0.2) is 48.1 Å². The molecule has 1 saturated heterocycles. The van der Waals surface area contributed by atoms with Crippen molar-refractivity contribution in [3.05, 3.63) is 30.7 Å². The van der Waals surface area contributed by atoms with Crippen LogP contribution in [0.2, 0.25) is 0 Å². The molecular weight excluding hydrogens is 288 g/mol. The Hall–Kier alpha value is -1.73. The predicted molar refractivity (Wildman–Crippen MR) is 82.6 cm³/mol. The normalized spacial score (nSPS) is 18.0. The molecule has 0 amide bonds. The van der Waals surface area contributed by atoms with Gasteiger partial charge in [0.1, 0.15) is 5.82 Å². The van der Waals surface area contributed by atoms with Crippen LogP contribution in [0.1, 0.15) is 12.8 Å². The van der Waals surface area contributed by atoms with E-state index in [-0.39, 0.29) is 6.04 Å². The summed E-state index contributed by atoms with van der Waals surface area (Å²) >= 11 is 0. The first-order chi connectivity index (χ1) is 10.0. The molecule has 0 bridgehead atoms. The van der Waals surface area contributed by atoms with Crippen molar-refractivity contribution < 1.29 is 8.42 Å². The van der Waals surface area contributed by atoms with E-state index < -0.39 is 10.0 Å².